The van der Waals surface area contributed by atoms with Crippen molar-refractivity contribution < 1.29 is 27.1 Å². The average Bonchev–Trinajstić information content (AvgIpc) is 2.66. The van der Waals surface area contributed by atoms with Crippen molar-refractivity contribution in [3.8, 4) is 11.5 Å². The molecule has 0 saturated carbocycles. The van der Waals surface area contributed by atoms with Gasteiger partial charge in [0.2, 0.25) is 10.0 Å². The maximum atomic E-state index is 14.0. The zero-order chi connectivity index (χ0) is 20.7. The molecule has 10 heteroatoms. The molecule has 0 unspecified atom stereocenters. The number of nitrogens with zero attached hydrogens (tertiary/aromatic N) is 2. The fourth-order valence-corrected chi connectivity index (χ4v) is 3.17. The number of anilines is 1. The van der Waals surface area contributed by atoms with Gasteiger partial charge in [0.1, 0.15) is 23.9 Å². The lowest BCUT2D eigenvalue weighted by atomic mass is 10.2. The second kappa shape index (κ2) is 9.18. The number of benzene rings is 2. The summed E-state index contributed by atoms with van der Waals surface area (Å²) in [5.41, 5.74) is 2.53. The first-order chi connectivity index (χ1) is 13.3. The van der Waals surface area contributed by atoms with E-state index in [1.165, 1.54) is 38.6 Å². The van der Waals surface area contributed by atoms with Crippen LogP contribution in [0, 0.1) is 5.82 Å². The molecule has 150 valence electrons. The molecule has 2 rings (SSSR count). The minimum atomic E-state index is -3.89. The first-order valence-corrected chi connectivity index (χ1v) is 9.87. The first-order valence-electron chi connectivity index (χ1n) is 8.02. The fraction of sp³-hybridized carbons (Fsp3) is 0.222. The zero-order valence-corrected chi connectivity index (χ0v) is 16.4. The number of hydrogen-bond acceptors (Lipinski definition) is 6. The number of carbonyl (C=O) groups excluding carboxylic acids is 1. The molecule has 28 heavy (non-hydrogen) atoms. The highest BCUT2D eigenvalue weighted by atomic mass is 32.2. The van der Waals surface area contributed by atoms with Crippen LogP contribution in [0.4, 0.5) is 10.1 Å². The number of amides is 1. The summed E-state index contributed by atoms with van der Waals surface area (Å²) < 4.78 is 48.9. The molecule has 1 N–H and O–H groups in total. The number of hydrogen-bond donors (Lipinski definition) is 1. The number of hydrazone groups is 1. The summed E-state index contributed by atoms with van der Waals surface area (Å²) in [7, 11) is -0.899. The van der Waals surface area contributed by atoms with Crippen molar-refractivity contribution in [1.82, 2.24) is 5.43 Å². The number of nitrogens with one attached hydrogen (secondary N) is 1. The van der Waals surface area contributed by atoms with Crippen LogP contribution in [0.25, 0.3) is 0 Å². The second-order valence-electron chi connectivity index (χ2n) is 5.62. The van der Waals surface area contributed by atoms with E-state index in [9.17, 15) is 17.6 Å². The fourth-order valence-electron chi connectivity index (χ4n) is 2.31. The monoisotopic (exact) mass is 409 g/mol. The molecule has 0 aliphatic carbocycles. The maximum Gasteiger partial charge on any atom is 0.260 e. The van der Waals surface area contributed by atoms with Crippen molar-refractivity contribution in [2.45, 2.75) is 0 Å². The topological polar surface area (TPSA) is 97.3 Å². The smallest absolute Gasteiger partial charge is 0.260 e. The van der Waals surface area contributed by atoms with Crippen molar-refractivity contribution in [1.29, 1.82) is 0 Å². The van der Waals surface area contributed by atoms with E-state index >= 15 is 0 Å². The lowest BCUT2D eigenvalue weighted by Crippen LogP contribution is -2.39. The van der Waals surface area contributed by atoms with Gasteiger partial charge in [-0.2, -0.15) is 5.10 Å². The molecule has 0 atom stereocenters. The van der Waals surface area contributed by atoms with E-state index < -0.39 is 28.3 Å². The van der Waals surface area contributed by atoms with Crippen LogP contribution in [-0.2, 0) is 14.8 Å². The van der Waals surface area contributed by atoms with Crippen LogP contribution >= 0.6 is 0 Å². The van der Waals surface area contributed by atoms with E-state index in [4.69, 9.17) is 9.47 Å². The molecule has 0 aliphatic rings. The predicted octanol–water partition coefficient (Wildman–Crippen LogP) is 1.76. The standard InChI is InChI=1S/C18H20FN3O5S/c1-26-14-8-9-17(27-2)13(10-14)11-20-21-18(23)12-22(28(3,24)25)16-7-5-4-6-15(16)19/h4-11H,12H2,1-3H3,(H,21,23)/b20-11-. The lowest BCUT2D eigenvalue weighted by Gasteiger charge is -2.21. The maximum absolute atomic E-state index is 14.0. The van der Waals surface area contributed by atoms with E-state index in [2.05, 4.69) is 10.5 Å². The summed E-state index contributed by atoms with van der Waals surface area (Å²) in [4.78, 5) is 12.1. The van der Waals surface area contributed by atoms with Crippen LogP contribution in [0.2, 0.25) is 0 Å². The lowest BCUT2D eigenvalue weighted by molar-refractivity contribution is -0.119. The molecule has 0 aliphatic heterocycles. The Kier molecular flexibility index (Phi) is 6.94. The summed E-state index contributed by atoms with van der Waals surface area (Å²) in [5.74, 6) is -0.434. The molecule has 0 radical (unpaired) electrons. The van der Waals surface area contributed by atoms with Gasteiger partial charge in [0, 0.05) is 5.56 Å². The Morgan fingerprint density at radius 3 is 2.54 bits per heavy atom. The predicted molar refractivity (Wildman–Crippen MR) is 104 cm³/mol. The molecule has 0 spiro atoms. The molecule has 0 heterocycles. The van der Waals surface area contributed by atoms with Gasteiger partial charge in [-0.25, -0.2) is 18.2 Å². The number of rotatable bonds is 8. The van der Waals surface area contributed by atoms with Gasteiger partial charge in [-0.3, -0.25) is 9.10 Å². The third-order valence-electron chi connectivity index (χ3n) is 3.64. The van der Waals surface area contributed by atoms with Gasteiger partial charge in [-0.05, 0) is 30.3 Å². The molecule has 0 bridgehead atoms. The van der Waals surface area contributed by atoms with Crippen molar-refractivity contribution in [2.24, 2.45) is 5.10 Å². The SMILES string of the molecule is COc1ccc(OC)c(/C=N\NC(=O)CN(c2ccccc2F)S(C)(=O)=O)c1. The highest BCUT2D eigenvalue weighted by Gasteiger charge is 2.23. The molecule has 2 aromatic rings. The van der Waals surface area contributed by atoms with Crippen LogP contribution in [0.3, 0.4) is 0 Å². The normalized spacial score (nSPS) is 11.3. The van der Waals surface area contributed by atoms with E-state index in [1.54, 1.807) is 18.2 Å². The summed E-state index contributed by atoms with van der Waals surface area (Å²) in [5, 5.41) is 3.80. The second-order valence-corrected chi connectivity index (χ2v) is 7.53. The number of carbonyl (C=O) groups is 1. The van der Waals surface area contributed by atoms with Gasteiger partial charge >= 0.3 is 0 Å². The minimum Gasteiger partial charge on any atom is -0.497 e. The van der Waals surface area contributed by atoms with Gasteiger partial charge in [0.05, 0.1) is 32.4 Å². The number of ether oxygens (including phenoxy) is 2. The molecular formula is C18H20FN3O5S. The number of para-hydroxylation sites is 1. The molecule has 0 fully saturated rings. The van der Waals surface area contributed by atoms with Gasteiger partial charge in [-0.1, -0.05) is 12.1 Å². The Morgan fingerprint density at radius 1 is 1.21 bits per heavy atom. The summed E-state index contributed by atoms with van der Waals surface area (Å²) in [6.07, 6.45) is 2.21. The Bertz CT molecular complexity index is 979. The number of methoxy groups -OCH3 is 2. The zero-order valence-electron chi connectivity index (χ0n) is 15.5. The first kappa shape index (κ1) is 21.2. The van der Waals surface area contributed by atoms with E-state index in [-0.39, 0.29) is 5.69 Å². The van der Waals surface area contributed by atoms with Crippen LogP contribution in [0.15, 0.2) is 47.6 Å². The summed E-state index contributed by atoms with van der Waals surface area (Å²) in [6, 6.07) is 10.3. The van der Waals surface area contributed by atoms with Gasteiger partial charge in [0.25, 0.3) is 5.91 Å². The van der Waals surface area contributed by atoms with E-state index in [1.807, 2.05) is 0 Å². The van der Waals surface area contributed by atoms with Crippen LogP contribution in [-0.4, -0.2) is 47.6 Å². The molecule has 8 nitrogen and oxygen atoms in total. The third kappa shape index (κ3) is 5.43. The van der Waals surface area contributed by atoms with Gasteiger partial charge in [-0.15, -0.1) is 0 Å². The van der Waals surface area contributed by atoms with E-state index in [0.29, 0.717) is 21.4 Å². The highest BCUT2D eigenvalue weighted by Crippen LogP contribution is 2.22. The molecule has 2 aromatic carbocycles. The average molecular weight is 409 g/mol. The highest BCUT2D eigenvalue weighted by molar-refractivity contribution is 7.92. The molecule has 1 amide bonds. The van der Waals surface area contributed by atoms with Crippen molar-refractivity contribution in [2.75, 3.05) is 31.3 Å². The Labute approximate surface area is 162 Å². The van der Waals surface area contributed by atoms with Crippen molar-refractivity contribution >= 4 is 27.8 Å². The van der Waals surface area contributed by atoms with Crippen molar-refractivity contribution in [3.63, 3.8) is 0 Å². The van der Waals surface area contributed by atoms with Gasteiger partial charge in [0.15, 0.2) is 0 Å². The molecular weight excluding hydrogens is 389 g/mol. The Morgan fingerprint density at radius 2 is 1.93 bits per heavy atom. The summed E-state index contributed by atoms with van der Waals surface area (Å²) >= 11 is 0. The molecule has 0 saturated heterocycles. The van der Waals surface area contributed by atoms with Gasteiger partial charge < -0.3 is 9.47 Å². The largest absolute Gasteiger partial charge is 0.497 e. The minimum absolute atomic E-state index is 0.224. The van der Waals surface area contributed by atoms with E-state index in [0.717, 1.165) is 12.3 Å². The third-order valence-corrected chi connectivity index (χ3v) is 4.76. The summed E-state index contributed by atoms with van der Waals surface area (Å²) in [6.45, 7) is -0.633. The van der Waals surface area contributed by atoms with Crippen LogP contribution in [0.1, 0.15) is 5.56 Å². The van der Waals surface area contributed by atoms with Crippen molar-refractivity contribution in [3.05, 3.63) is 53.8 Å². The molecule has 0 aromatic heterocycles. The Balaban J connectivity index is 2.14. The number of sulfonamides is 1. The van der Waals surface area contributed by atoms with Crippen LogP contribution < -0.4 is 19.2 Å². The number of halogens is 1. The quantitative estimate of drug-likeness (QED) is 0.529. The Hall–Kier alpha value is -3.14. The van der Waals surface area contributed by atoms with Crippen LogP contribution in [0.5, 0.6) is 11.5 Å².